The predicted octanol–water partition coefficient (Wildman–Crippen LogP) is 0.961. The molecule has 0 aliphatic carbocycles. The molecule has 21 heavy (non-hydrogen) atoms. The van der Waals surface area contributed by atoms with E-state index in [1.807, 2.05) is 0 Å². The molecular formula is C14H12ClFNO4-. The van der Waals surface area contributed by atoms with Crippen molar-refractivity contribution >= 4 is 29.2 Å². The Morgan fingerprint density at radius 1 is 1.29 bits per heavy atom. The summed E-state index contributed by atoms with van der Waals surface area (Å²) in [7, 11) is 0. The Morgan fingerprint density at radius 3 is 2.57 bits per heavy atom. The number of carboxylic acids is 1. The van der Waals surface area contributed by atoms with Crippen molar-refractivity contribution in [3.8, 4) is 0 Å². The van der Waals surface area contributed by atoms with Gasteiger partial charge in [0, 0.05) is 17.6 Å². The van der Waals surface area contributed by atoms with Crippen molar-refractivity contribution in [3.63, 3.8) is 0 Å². The molecule has 0 radical (unpaired) electrons. The van der Waals surface area contributed by atoms with Crippen molar-refractivity contribution in [2.45, 2.75) is 25.0 Å². The number of fused-ring (bicyclic) bond motifs is 2. The average molecular weight is 313 g/mol. The first-order chi connectivity index (χ1) is 9.97. The van der Waals surface area contributed by atoms with Crippen LogP contribution in [-0.4, -0.2) is 24.1 Å². The van der Waals surface area contributed by atoms with Gasteiger partial charge in [-0.25, -0.2) is 4.39 Å². The number of benzene rings is 1. The largest absolute Gasteiger partial charge is 0.550 e. The molecule has 4 atom stereocenters. The maximum absolute atomic E-state index is 13.1. The number of halogens is 2. The Hall–Kier alpha value is -1.66. The monoisotopic (exact) mass is 312 g/mol. The van der Waals surface area contributed by atoms with Gasteiger partial charge in [-0.05, 0) is 31.0 Å². The normalized spacial score (nSPS) is 30.4. The highest BCUT2D eigenvalue weighted by Gasteiger charge is 2.52. The number of nitrogens with one attached hydrogen (secondary N) is 1. The molecule has 1 N–H and O–H groups in total. The smallest absolute Gasteiger partial charge is 0.230 e. The Morgan fingerprint density at radius 2 is 1.95 bits per heavy atom. The first-order valence-corrected chi connectivity index (χ1v) is 6.97. The van der Waals surface area contributed by atoms with Crippen LogP contribution in [0.2, 0.25) is 5.02 Å². The van der Waals surface area contributed by atoms with Crippen LogP contribution in [0.3, 0.4) is 0 Å². The molecule has 2 heterocycles. The average Bonchev–Trinajstić information content (AvgIpc) is 3.03. The number of carboxylic acid groups (broad SMARTS) is 1. The third-order valence-electron chi connectivity index (χ3n) is 4.04. The number of anilines is 1. The molecule has 2 aliphatic rings. The number of hydrogen-bond acceptors (Lipinski definition) is 4. The quantitative estimate of drug-likeness (QED) is 0.901. The first kappa shape index (κ1) is 14.3. The van der Waals surface area contributed by atoms with Gasteiger partial charge in [0.05, 0.1) is 23.1 Å². The SMILES string of the molecule is O=C([O-])[C@@H]1[C@@H](C(=O)Nc2ccc(F)c(Cl)c2)[C@H]2CC[C@@H]1O2. The van der Waals surface area contributed by atoms with Crippen molar-refractivity contribution in [3.05, 3.63) is 29.0 Å². The van der Waals surface area contributed by atoms with Crippen molar-refractivity contribution in [2.75, 3.05) is 5.32 Å². The zero-order valence-corrected chi connectivity index (χ0v) is 11.6. The Kier molecular flexibility index (Phi) is 3.59. The van der Waals surface area contributed by atoms with Crippen LogP contribution in [-0.2, 0) is 14.3 Å². The van der Waals surface area contributed by atoms with E-state index in [2.05, 4.69) is 5.32 Å². The standard InChI is InChI=1S/C14H13ClFNO4/c15-7-5-6(1-2-8(7)16)17-13(18)11-9-3-4-10(21-9)12(11)14(19)20/h1-2,5,9-12H,3-4H2,(H,17,18)(H,19,20)/p-1/t9-,10+,11+,12+/m1/s1. The molecule has 5 nitrogen and oxygen atoms in total. The summed E-state index contributed by atoms with van der Waals surface area (Å²) in [4.78, 5) is 23.5. The van der Waals surface area contributed by atoms with Crippen LogP contribution in [0, 0.1) is 17.7 Å². The second kappa shape index (κ2) is 5.27. The van der Waals surface area contributed by atoms with E-state index in [-0.39, 0.29) is 5.02 Å². The van der Waals surface area contributed by atoms with E-state index in [9.17, 15) is 19.1 Å². The highest BCUT2D eigenvalue weighted by Crippen LogP contribution is 2.43. The predicted molar refractivity (Wildman–Crippen MR) is 69.9 cm³/mol. The van der Waals surface area contributed by atoms with E-state index in [0.29, 0.717) is 18.5 Å². The lowest BCUT2D eigenvalue weighted by atomic mass is 9.78. The maximum atomic E-state index is 13.1. The van der Waals surface area contributed by atoms with Gasteiger partial charge in [0.2, 0.25) is 5.91 Å². The molecule has 2 fully saturated rings. The lowest BCUT2D eigenvalue weighted by molar-refractivity contribution is -0.313. The molecule has 112 valence electrons. The summed E-state index contributed by atoms with van der Waals surface area (Å²) in [5.74, 6) is -4.08. The molecule has 3 rings (SSSR count). The molecule has 1 amide bonds. The van der Waals surface area contributed by atoms with Gasteiger partial charge in [0.25, 0.3) is 0 Å². The summed E-state index contributed by atoms with van der Waals surface area (Å²) in [5, 5.41) is 13.7. The number of carbonyl (C=O) groups excluding carboxylic acids is 2. The van der Waals surface area contributed by atoms with Crippen molar-refractivity contribution in [2.24, 2.45) is 11.8 Å². The van der Waals surface area contributed by atoms with Crippen LogP contribution < -0.4 is 10.4 Å². The van der Waals surface area contributed by atoms with E-state index in [1.54, 1.807) is 0 Å². The number of amides is 1. The number of rotatable bonds is 3. The third kappa shape index (κ3) is 2.49. The minimum absolute atomic E-state index is 0.117. The summed E-state index contributed by atoms with van der Waals surface area (Å²) in [5.41, 5.74) is 0.311. The van der Waals surface area contributed by atoms with Gasteiger partial charge in [-0.2, -0.15) is 0 Å². The molecule has 2 aliphatic heterocycles. The van der Waals surface area contributed by atoms with Crippen LogP contribution in [0.4, 0.5) is 10.1 Å². The number of carbonyl (C=O) groups is 2. The molecule has 0 unspecified atom stereocenters. The van der Waals surface area contributed by atoms with Gasteiger partial charge < -0.3 is 20.0 Å². The fourth-order valence-electron chi connectivity index (χ4n) is 3.11. The van der Waals surface area contributed by atoms with Gasteiger partial charge in [-0.1, -0.05) is 11.6 Å². The van der Waals surface area contributed by atoms with Crippen LogP contribution in [0.1, 0.15) is 12.8 Å². The number of ether oxygens (including phenoxy) is 1. The van der Waals surface area contributed by atoms with Gasteiger partial charge in [-0.15, -0.1) is 0 Å². The highest BCUT2D eigenvalue weighted by molar-refractivity contribution is 6.31. The topological polar surface area (TPSA) is 78.5 Å². The molecular weight excluding hydrogens is 301 g/mol. The second-order valence-electron chi connectivity index (χ2n) is 5.28. The van der Waals surface area contributed by atoms with Crippen LogP contribution in [0.5, 0.6) is 0 Å². The summed E-state index contributed by atoms with van der Waals surface area (Å²) >= 11 is 5.64. The van der Waals surface area contributed by atoms with Gasteiger partial charge in [0.1, 0.15) is 5.82 Å². The van der Waals surface area contributed by atoms with Crippen molar-refractivity contribution < 1.29 is 23.8 Å². The minimum Gasteiger partial charge on any atom is -0.550 e. The summed E-state index contributed by atoms with van der Waals surface area (Å²) in [6.45, 7) is 0. The van der Waals surface area contributed by atoms with Gasteiger partial charge >= 0.3 is 0 Å². The fraction of sp³-hybridized carbons (Fsp3) is 0.429. The minimum atomic E-state index is -1.28. The zero-order chi connectivity index (χ0) is 15.1. The van der Waals surface area contributed by atoms with Gasteiger partial charge in [-0.3, -0.25) is 4.79 Å². The molecule has 1 aromatic carbocycles. The molecule has 0 spiro atoms. The maximum Gasteiger partial charge on any atom is 0.230 e. The number of hydrogen-bond donors (Lipinski definition) is 1. The fourth-order valence-corrected chi connectivity index (χ4v) is 3.29. The molecule has 0 saturated carbocycles. The second-order valence-corrected chi connectivity index (χ2v) is 5.69. The Balaban J connectivity index is 1.78. The summed E-state index contributed by atoms with van der Waals surface area (Å²) in [6.07, 6.45) is 0.396. The summed E-state index contributed by atoms with van der Waals surface area (Å²) in [6, 6.07) is 3.77. The van der Waals surface area contributed by atoms with E-state index in [1.165, 1.54) is 12.1 Å². The third-order valence-corrected chi connectivity index (χ3v) is 4.32. The van der Waals surface area contributed by atoms with E-state index in [4.69, 9.17) is 16.3 Å². The first-order valence-electron chi connectivity index (χ1n) is 6.59. The van der Waals surface area contributed by atoms with Crippen LogP contribution in [0.25, 0.3) is 0 Å². The lowest BCUT2D eigenvalue weighted by Gasteiger charge is -2.27. The van der Waals surface area contributed by atoms with E-state index >= 15 is 0 Å². The highest BCUT2D eigenvalue weighted by atomic mass is 35.5. The molecule has 2 saturated heterocycles. The number of aliphatic carboxylic acids is 1. The molecule has 7 heteroatoms. The summed E-state index contributed by atoms with van der Waals surface area (Å²) < 4.78 is 18.6. The molecule has 0 aromatic heterocycles. The van der Waals surface area contributed by atoms with Crippen molar-refractivity contribution in [1.29, 1.82) is 0 Å². The van der Waals surface area contributed by atoms with Gasteiger partial charge in [0.15, 0.2) is 0 Å². The Labute approximate surface area is 125 Å². The molecule has 1 aromatic rings. The van der Waals surface area contributed by atoms with Crippen molar-refractivity contribution in [1.82, 2.24) is 0 Å². The van der Waals surface area contributed by atoms with Crippen LogP contribution >= 0.6 is 11.6 Å². The van der Waals surface area contributed by atoms with E-state index < -0.39 is 41.7 Å². The lowest BCUT2D eigenvalue weighted by Crippen LogP contribution is -2.46. The molecule has 2 bridgehead atoms. The Bertz CT molecular complexity index is 609. The zero-order valence-electron chi connectivity index (χ0n) is 10.8. The van der Waals surface area contributed by atoms with E-state index in [0.717, 1.165) is 6.07 Å². The van der Waals surface area contributed by atoms with Crippen LogP contribution in [0.15, 0.2) is 18.2 Å².